The second kappa shape index (κ2) is 7.17. The van der Waals surface area contributed by atoms with Crippen LogP contribution in [-0.2, 0) is 31.9 Å². The summed E-state index contributed by atoms with van der Waals surface area (Å²) in [5, 5.41) is 3.28. The lowest BCUT2D eigenvalue weighted by atomic mass is 10.0. The molecule has 1 N–H and O–H groups in total. The summed E-state index contributed by atoms with van der Waals surface area (Å²) in [4.78, 5) is 26.5. The van der Waals surface area contributed by atoms with Gasteiger partial charge in [-0.3, -0.25) is 0 Å². The minimum atomic E-state index is -1.26. The average Bonchev–Trinajstić information content (AvgIpc) is 2.51. The number of esters is 2. The van der Waals surface area contributed by atoms with Gasteiger partial charge in [-0.15, -0.1) is 0 Å². The fourth-order valence-electron chi connectivity index (χ4n) is 2.77. The summed E-state index contributed by atoms with van der Waals surface area (Å²) in [5.74, 6) is -2.28. The highest BCUT2D eigenvalue weighted by atomic mass is 16.7. The van der Waals surface area contributed by atoms with E-state index in [1.54, 1.807) is 19.0 Å². The lowest BCUT2D eigenvalue weighted by molar-refractivity contribution is -0.222. The third kappa shape index (κ3) is 3.95. The molecule has 0 unspecified atom stereocenters. The van der Waals surface area contributed by atoms with Crippen LogP contribution in [0.1, 0.15) is 38.8 Å². The van der Waals surface area contributed by atoms with Crippen molar-refractivity contribution in [3.8, 4) is 0 Å². The van der Waals surface area contributed by atoms with E-state index < -0.39 is 17.7 Å². The van der Waals surface area contributed by atoms with Crippen molar-refractivity contribution in [2.24, 2.45) is 0 Å². The standard InChI is InChI=1S/C19H26N2O4/c1-7-12-10-9-11-13(8-2)15(12)20-16(21(5)6)14-17(22)24-19(3,4)25-18(14)23/h9-11,20H,7-8H2,1-6H3. The Bertz CT molecular complexity index is 676. The number of anilines is 1. The second-order valence-corrected chi connectivity index (χ2v) is 6.58. The Hall–Kier alpha value is -2.50. The van der Waals surface area contributed by atoms with Crippen LogP contribution in [0.15, 0.2) is 29.6 Å². The first-order valence-corrected chi connectivity index (χ1v) is 8.46. The highest BCUT2D eigenvalue weighted by molar-refractivity contribution is 6.16. The summed E-state index contributed by atoms with van der Waals surface area (Å²) in [6, 6.07) is 6.07. The van der Waals surface area contributed by atoms with Crippen molar-refractivity contribution in [2.45, 2.75) is 46.3 Å². The number of benzene rings is 1. The third-order valence-corrected chi connectivity index (χ3v) is 4.01. The number of aryl methyl sites for hydroxylation is 2. The zero-order valence-corrected chi connectivity index (χ0v) is 15.7. The summed E-state index contributed by atoms with van der Waals surface area (Å²) in [6.07, 6.45) is 1.66. The van der Waals surface area contributed by atoms with Crippen molar-refractivity contribution in [1.82, 2.24) is 4.90 Å². The lowest BCUT2D eigenvalue weighted by Crippen LogP contribution is -2.44. The minimum absolute atomic E-state index is 0.128. The first-order chi connectivity index (χ1) is 11.7. The molecule has 2 rings (SSSR count). The summed E-state index contributed by atoms with van der Waals surface area (Å²) in [6.45, 7) is 7.19. The SMILES string of the molecule is CCc1cccc(CC)c1NC(=C1C(=O)OC(C)(C)OC1=O)N(C)C. The monoisotopic (exact) mass is 346 g/mol. The van der Waals surface area contributed by atoms with E-state index in [4.69, 9.17) is 9.47 Å². The molecule has 6 nitrogen and oxygen atoms in total. The zero-order valence-electron chi connectivity index (χ0n) is 15.7. The molecule has 1 heterocycles. The van der Waals surface area contributed by atoms with Gasteiger partial charge < -0.3 is 19.7 Å². The quantitative estimate of drug-likeness (QED) is 0.502. The summed E-state index contributed by atoms with van der Waals surface area (Å²) in [7, 11) is 3.52. The molecule has 0 bridgehead atoms. The molecule has 0 atom stereocenters. The Morgan fingerprint density at radius 2 is 1.52 bits per heavy atom. The van der Waals surface area contributed by atoms with Crippen LogP contribution in [0, 0.1) is 0 Å². The summed E-state index contributed by atoms with van der Waals surface area (Å²) < 4.78 is 10.5. The van der Waals surface area contributed by atoms with Crippen LogP contribution in [0.5, 0.6) is 0 Å². The molecular formula is C19H26N2O4. The highest BCUT2D eigenvalue weighted by Crippen LogP contribution is 2.29. The number of carbonyl (C=O) groups excluding carboxylic acids is 2. The number of para-hydroxylation sites is 1. The molecule has 0 spiro atoms. The van der Waals surface area contributed by atoms with Crippen LogP contribution >= 0.6 is 0 Å². The van der Waals surface area contributed by atoms with E-state index in [1.165, 1.54) is 13.8 Å². The number of ether oxygens (including phenoxy) is 2. The highest BCUT2D eigenvalue weighted by Gasteiger charge is 2.41. The summed E-state index contributed by atoms with van der Waals surface area (Å²) in [5.41, 5.74) is 3.00. The van der Waals surface area contributed by atoms with E-state index in [0.29, 0.717) is 5.82 Å². The van der Waals surface area contributed by atoms with Gasteiger partial charge in [-0.1, -0.05) is 32.0 Å². The van der Waals surface area contributed by atoms with Gasteiger partial charge >= 0.3 is 11.9 Å². The third-order valence-electron chi connectivity index (χ3n) is 4.01. The number of nitrogens with one attached hydrogen (secondary N) is 1. The van der Waals surface area contributed by atoms with E-state index in [0.717, 1.165) is 29.7 Å². The van der Waals surface area contributed by atoms with Gasteiger partial charge in [0, 0.05) is 33.6 Å². The number of nitrogens with zero attached hydrogens (tertiary/aromatic N) is 1. The number of hydrogen-bond acceptors (Lipinski definition) is 6. The van der Waals surface area contributed by atoms with Gasteiger partial charge in [-0.05, 0) is 24.0 Å². The Kier molecular flexibility index (Phi) is 5.40. The van der Waals surface area contributed by atoms with Crippen LogP contribution < -0.4 is 5.32 Å². The van der Waals surface area contributed by atoms with Gasteiger partial charge in [0.15, 0.2) is 5.57 Å². The average molecular weight is 346 g/mol. The van der Waals surface area contributed by atoms with E-state index in [-0.39, 0.29) is 5.57 Å². The fourth-order valence-corrected chi connectivity index (χ4v) is 2.77. The van der Waals surface area contributed by atoms with Crippen molar-refractivity contribution >= 4 is 17.6 Å². The number of hydrogen-bond donors (Lipinski definition) is 1. The molecule has 1 saturated heterocycles. The maximum atomic E-state index is 12.4. The van der Waals surface area contributed by atoms with Crippen molar-refractivity contribution in [3.05, 3.63) is 40.7 Å². The van der Waals surface area contributed by atoms with Gasteiger partial charge in [0.25, 0.3) is 5.79 Å². The Labute approximate surface area is 148 Å². The molecule has 136 valence electrons. The molecular weight excluding hydrogens is 320 g/mol. The molecule has 1 aromatic rings. The van der Waals surface area contributed by atoms with Gasteiger partial charge in [0.1, 0.15) is 5.82 Å². The Morgan fingerprint density at radius 1 is 1.04 bits per heavy atom. The number of rotatable bonds is 5. The lowest BCUT2D eigenvalue weighted by Gasteiger charge is -2.32. The first-order valence-electron chi connectivity index (χ1n) is 8.46. The normalized spacial score (nSPS) is 16.2. The predicted octanol–water partition coefficient (Wildman–Crippen LogP) is 2.83. The zero-order chi connectivity index (χ0) is 18.8. The molecule has 1 aromatic carbocycles. The van der Waals surface area contributed by atoms with Crippen LogP contribution in [0.4, 0.5) is 5.69 Å². The van der Waals surface area contributed by atoms with Crippen molar-refractivity contribution in [3.63, 3.8) is 0 Å². The van der Waals surface area contributed by atoms with E-state index in [1.807, 2.05) is 18.2 Å². The molecule has 0 radical (unpaired) electrons. The van der Waals surface area contributed by atoms with E-state index in [9.17, 15) is 9.59 Å². The molecule has 0 saturated carbocycles. The van der Waals surface area contributed by atoms with Crippen molar-refractivity contribution < 1.29 is 19.1 Å². The molecule has 1 aliphatic rings. The smallest absolute Gasteiger partial charge is 0.352 e. The van der Waals surface area contributed by atoms with Gasteiger partial charge in [0.2, 0.25) is 0 Å². The van der Waals surface area contributed by atoms with Gasteiger partial charge in [-0.25, -0.2) is 9.59 Å². The van der Waals surface area contributed by atoms with Crippen LogP contribution in [0.25, 0.3) is 0 Å². The number of cyclic esters (lactones) is 2. The Balaban J connectivity index is 2.54. The van der Waals surface area contributed by atoms with E-state index >= 15 is 0 Å². The molecule has 0 aliphatic carbocycles. The first kappa shape index (κ1) is 18.8. The van der Waals surface area contributed by atoms with Crippen LogP contribution in [0.2, 0.25) is 0 Å². The molecule has 0 amide bonds. The maximum absolute atomic E-state index is 12.4. The molecule has 25 heavy (non-hydrogen) atoms. The second-order valence-electron chi connectivity index (χ2n) is 6.58. The molecule has 1 aliphatic heterocycles. The topological polar surface area (TPSA) is 67.9 Å². The molecule has 1 fully saturated rings. The van der Waals surface area contributed by atoms with E-state index in [2.05, 4.69) is 19.2 Å². The largest absolute Gasteiger partial charge is 0.419 e. The van der Waals surface area contributed by atoms with Crippen molar-refractivity contribution in [2.75, 3.05) is 19.4 Å². The molecule has 0 aromatic heterocycles. The minimum Gasteiger partial charge on any atom is -0.419 e. The predicted molar refractivity (Wildman–Crippen MR) is 95.8 cm³/mol. The number of carbonyl (C=O) groups is 2. The van der Waals surface area contributed by atoms with Gasteiger partial charge in [0.05, 0.1) is 0 Å². The van der Waals surface area contributed by atoms with Gasteiger partial charge in [-0.2, -0.15) is 0 Å². The Morgan fingerprint density at radius 3 is 1.92 bits per heavy atom. The molecule has 6 heteroatoms. The van der Waals surface area contributed by atoms with Crippen LogP contribution in [0.3, 0.4) is 0 Å². The fraction of sp³-hybridized carbons (Fsp3) is 0.474. The van der Waals surface area contributed by atoms with Crippen LogP contribution in [-0.4, -0.2) is 36.7 Å². The summed E-state index contributed by atoms with van der Waals surface area (Å²) >= 11 is 0. The maximum Gasteiger partial charge on any atom is 0.352 e. The van der Waals surface area contributed by atoms with Crippen molar-refractivity contribution in [1.29, 1.82) is 0 Å².